The number of benzene rings is 1. The largest absolute Gasteiger partial charge is 0.435 e. The van der Waals surface area contributed by atoms with Crippen molar-refractivity contribution in [2.75, 3.05) is 5.32 Å². The summed E-state index contributed by atoms with van der Waals surface area (Å²) in [6.07, 6.45) is 0. The van der Waals surface area contributed by atoms with Crippen LogP contribution in [0.25, 0.3) is 0 Å². The molecule has 10 heteroatoms. The third kappa shape index (κ3) is 5.21. The van der Waals surface area contributed by atoms with E-state index in [2.05, 4.69) is 20.3 Å². The zero-order chi connectivity index (χ0) is 17.6. The number of nitrogens with zero attached hydrogens (tertiary/aromatic N) is 2. The smallest absolute Gasteiger partial charge is 0.387 e. The van der Waals surface area contributed by atoms with Gasteiger partial charge < -0.3 is 4.74 Å². The first-order valence-corrected chi connectivity index (χ1v) is 9.63. The lowest BCUT2D eigenvalue weighted by atomic mass is 10.2. The molecular weight excluding hydrogens is 388 g/mol. The number of nitrogens with one attached hydrogen (secondary N) is 1. The number of anilines is 1. The van der Waals surface area contributed by atoms with E-state index in [1.54, 1.807) is 11.3 Å². The third-order valence-electron chi connectivity index (χ3n) is 2.87. The standard InChI is InChI=1S/C15H11F2N3O2S3/c16-13(17)22-10-4-1-3-9(7-10)12(21)18-14-19-20-15(25-14)24-8-11-5-2-6-23-11/h1-7,13H,8H2,(H,18,19,21). The predicted molar refractivity (Wildman–Crippen MR) is 94.8 cm³/mol. The van der Waals surface area contributed by atoms with Gasteiger partial charge in [0, 0.05) is 16.2 Å². The van der Waals surface area contributed by atoms with Gasteiger partial charge in [-0.2, -0.15) is 8.78 Å². The molecule has 0 aliphatic rings. The molecule has 0 atom stereocenters. The molecule has 0 unspecified atom stereocenters. The first kappa shape index (κ1) is 17.8. The van der Waals surface area contributed by atoms with Gasteiger partial charge in [-0.1, -0.05) is 35.2 Å². The molecule has 0 bridgehead atoms. The molecule has 1 amide bonds. The lowest BCUT2D eigenvalue weighted by molar-refractivity contribution is -0.0498. The minimum absolute atomic E-state index is 0.0768. The Morgan fingerprint density at radius 2 is 2.16 bits per heavy atom. The average Bonchev–Trinajstić information content (AvgIpc) is 3.24. The Hall–Kier alpha value is -2.04. The summed E-state index contributed by atoms with van der Waals surface area (Å²) in [4.78, 5) is 13.4. The molecule has 3 rings (SSSR count). The summed E-state index contributed by atoms with van der Waals surface area (Å²) < 4.78 is 29.5. The SMILES string of the molecule is O=C(Nc1nnc(SCc2cccs2)s1)c1cccc(OC(F)F)c1. The number of carbonyl (C=O) groups is 1. The molecule has 25 heavy (non-hydrogen) atoms. The topological polar surface area (TPSA) is 64.1 Å². The second-order valence-corrected chi connectivity index (χ2v) is 7.83. The number of hydrogen-bond acceptors (Lipinski definition) is 7. The van der Waals surface area contributed by atoms with Gasteiger partial charge in [-0.25, -0.2) is 0 Å². The molecule has 3 aromatic rings. The van der Waals surface area contributed by atoms with E-state index in [0.29, 0.717) is 5.13 Å². The molecule has 0 fully saturated rings. The molecule has 2 heterocycles. The number of ether oxygens (including phenoxy) is 1. The number of aromatic nitrogens is 2. The first-order valence-electron chi connectivity index (χ1n) is 6.95. The Morgan fingerprint density at radius 3 is 2.92 bits per heavy atom. The van der Waals surface area contributed by atoms with Crippen molar-refractivity contribution in [1.82, 2.24) is 10.2 Å². The molecule has 0 radical (unpaired) electrons. The number of hydrogen-bond donors (Lipinski definition) is 1. The predicted octanol–water partition coefficient (Wildman–Crippen LogP) is 4.75. The lowest BCUT2D eigenvalue weighted by Crippen LogP contribution is -2.12. The van der Waals surface area contributed by atoms with Gasteiger partial charge in [0.05, 0.1) is 0 Å². The maximum atomic E-state index is 12.2. The van der Waals surface area contributed by atoms with E-state index < -0.39 is 12.5 Å². The van der Waals surface area contributed by atoms with Gasteiger partial charge in [-0.3, -0.25) is 10.1 Å². The monoisotopic (exact) mass is 399 g/mol. The summed E-state index contributed by atoms with van der Waals surface area (Å²) >= 11 is 4.45. The van der Waals surface area contributed by atoms with Crippen molar-refractivity contribution in [3.8, 4) is 5.75 Å². The van der Waals surface area contributed by atoms with E-state index in [0.717, 1.165) is 10.1 Å². The molecule has 2 aromatic heterocycles. The highest BCUT2D eigenvalue weighted by Crippen LogP contribution is 2.29. The van der Waals surface area contributed by atoms with Crippen molar-refractivity contribution in [1.29, 1.82) is 0 Å². The number of amides is 1. The van der Waals surface area contributed by atoms with Crippen molar-refractivity contribution in [2.45, 2.75) is 16.7 Å². The van der Waals surface area contributed by atoms with Crippen LogP contribution >= 0.6 is 34.4 Å². The molecule has 0 saturated carbocycles. The molecule has 0 spiro atoms. The Morgan fingerprint density at radius 1 is 1.28 bits per heavy atom. The van der Waals surface area contributed by atoms with E-state index in [9.17, 15) is 13.6 Å². The number of thioether (sulfide) groups is 1. The summed E-state index contributed by atoms with van der Waals surface area (Å²) in [6.45, 7) is -2.94. The van der Waals surface area contributed by atoms with Crippen LogP contribution in [0.4, 0.5) is 13.9 Å². The zero-order valence-electron chi connectivity index (χ0n) is 12.5. The molecule has 1 aromatic carbocycles. The van der Waals surface area contributed by atoms with Crippen LogP contribution in [0.1, 0.15) is 15.2 Å². The minimum atomic E-state index is -2.94. The molecule has 0 saturated heterocycles. The number of rotatable bonds is 7. The van der Waals surface area contributed by atoms with Gasteiger partial charge in [0.25, 0.3) is 5.91 Å². The fourth-order valence-electron chi connectivity index (χ4n) is 1.83. The van der Waals surface area contributed by atoms with Crippen molar-refractivity contribution in [3.05, 3.63) is 52.2 Å². The molecule has 0 aliphatic carbocycles. The van der Waals surface area contributed by atoms with Crippen LogP contribution in [-0.4, -0.2) is 22.7 Å². The van der Waals surface area contributed by atoms with E-state index in [4.69, 9.17) is 0 Å². The van der Waals surface area contributed by atoms with Crippen LogP contribution in [0.2, 0.25) is 0 Å². The van der Waals surface area contributed by atoms with Crippen LogP contribution in [0, 0.1) is 0 Å². The second kappa shape index (κ2) is 8.37. The fourth-order valence-corrected chi connectivity index (χ4v) is 4.35. The van der Waals surface area contributed by atoms with Crippen LogP contribution in [0.3, 0.4) is 0 Å². The molecule has 130 valence electrons. The van der Waals surface area contributed by atoms with Crippen molar-refractivity contribution in [3.63, 3.8) is 0 Å². The van der Waals surface area contributed by atoms with Gasteiger partial charge in [0.15, 0.2) is 4.34 Å². The van der Waals surface area contributed by atoms with Gasteiger partial charge in [-0.15, -0.1) is 21.5 Å². The van der Waals surface area contributed by atoms with Gasteiger partial charge in [-0.05, 0) is 29.6 Å². The summed E-state index contributed by atoms with van der Waals surface area (Å²) in [5.41, 5.74) is 0.195. The summed E-state index contributed by atoms with van der Waals surface area (Å²) in [5, 5.41) is 12.9. The molecule has 1 N–H and O–H groups in total. The number of thiophene rings is 1. The Balaban J connectivity index is 1.59. The van der Waals surface area contributed by atoms with Crippen LogP contribution in [0.15, 0.2) is 46.1 Å². The maximum absolute atomic E-state index is 12.2. The maximum Gasteiger partial charge on any atom is 0.387 e. The Bertz CT molecular complexity index is 840. The van der Waals surface area contributed by atoms with Crippen LogP contribution in [-0.2, 0) is 5.75 Å². The average molecular weight is 399 g/mol. The van der Waals surface area contributed by atoms with Gasteiger partial charge in [0.1, 0.15) is 5.75 Å². The van der Waals surface area contributed by atoms with E-state index in [1.807, 2.05) is 17.5 Å². The summed E-state index contributed by atoms with van der Waals surface area (Å²) in [7, 11) is 0. The fraction of sp³-hybridized carbons (Fsp3) is 0.133. The normalized spacial score (nSPS) is 10.8. The Labute approximate surface area is 154 Å². The highest BCUT2D eigenvalue weighted by Gasteiger charge is 2.13. The number of alkyl halides is 2. The molecule has 0 aliphatic heterocycles. The van der Waals surface area contributed by atoms with Gasteiger partial charge in [0.2, 0.25) is 5.13 Å². The zero-order valence-corrected chi connectivity index (χ0v) is 15.0. The van der Waals surface area contributed by atoms with Crippen molar-refractivity contribution < 1.29 is 18.3 Å². The highest BCUT2D eigenvalue weighted by molar-refractivity contribution is 8.00. The summed E-state index contributed by atoms with van der Waals surface area (Å²) in [6, 6.07) is 9.59. The van der Waals surface area contributed by atoms with Crippen molar-refractivity contribution in [2.24, 2.45) is 0 Å². The van der Waals surface area contributed by atoms with Crippen molar-refractivity contribution >= 4 is 45.5 Å². The first-order chi connectivity index (χ1) is 12.1. The van der Waals surface area contributed by atoms with Crippen LogP contribution < -0.4 is 10.1 Å². The third-order valence-corrected chi connectivity index (χ3v) is 5.95. The van der Waals surface area contributed by atoms with Crippen LogP contribution in [0.5, 0.6) is 5.75 Å². The molecular formula is C15H11F2N3O2S3. The minimum Gasteiger partial charge on any atom is -0.435 e. The Kier molecular flexibility index (Phi) is 5.95. The van der Waals surface area contributed by atoms with Gasteiger partial charge >= 0.3 is 6.61 Å². The lowest BCUT2D eigenvalue weighted by Gasteiger charge is -2.06. The van der Waals surface area contributed by atoms with E-state index in [-0.39, 0.29) is 11.3 Å². The van der Waals surface area contributed by atoms with E-state index >= 15 is 0 Å². The number of halogens is 2. The molecule has 5 nitrogen and oxygen atoms in total. The highest BCUT2D eigenvalue weighted by atomic mass is 32.2. The van der Waals surface area contributed by atoms with E-state index in [1.165, 1.54) is 52.2 Å². The summed E-state index contributed by atoms with van der Waals surface area (Å²) in [5.74, 6) is 0.241. The number of carbonyl (C=O) groups excluding carboxylic acids is 1. The quantitative estimate of drug-likeness (QED) is 0.459. The second-order valence-electron chi connectivity index (χ2n) is 4.60.